The van der Waals surface area contributed by atoms with E-state index in [1.54, 1.807) is 0 Å². The van der Waals surface area contributed by atoms with Crippen molar-refractivity contribution in [1.82, 2.24) is 0 Å². The van der Waals surface area contributed by atoms with Crippen LogP contribution in [-0.2, 0) is 19.3 Å². The van der Waals surface area contributed by atoms with Gasteiger partial charge in [0.1, 0.15) is 5.58 Å². The topological polar surface area (TPSA) is 50.4 Å². The Balaban J connectivity index is 2.31. The zero-order chi connectivity index (χ0) is 12.0. The average molecular weight is 230 g/mol. The van der Waals surface area contributed by atoms with Gasteiger partial charge in [-0.15, -0.1) is 0 Å². The number of fused-ring (bicyclic) bond motifs is 2. The molecule has 17 heavy (non-hydrogen) atoms. The molecule has 1 aromatic heterocycles. The van der Waals surface area contributed by atoms with Gasteiger partial charge in [-0.05, 0) is 48.9 Å². The van der Waals surface area contributed by atoms with E-state index in [0.29, 0.717) is 6.42 Å². The van der Waals surface area contributed by atoms with Gasteiger partial charge in [-0.3, -0.25) is 0 Å². The lowest BCUT2D eigenvalue weighted by Gasteiger charge is -1.99. The lowest BCUT2D eigenvalue weighted by atomic mass is 10.0. The third kappa shape index (κ3) is 1.46. The Morgan fingerprint density at radius 3 is 2.71 bits per heavy atom. The molecule has 1 aromatic carbocycles. The predicted octanol–water partition coefficient (Wildman–Crippen LogP) is 3.18. The summed E-state index contributed by atoms with van der Waals surface area (Å²) in [5, 5.41) is 10.1. The normalized spacial score (nSPS) is 14.2. The number of furan rings is 1. The van der Waals surface area contributed by atoms with E-state index >= 15 is 0 Å². The molecule has 1 N–H and O–H groups in total. The van der Waals surface area contributed by atoms with Crippen LogP contribution in [0, 0.1) is 0 Å². The molecule has 0 saturated carbocycles. The van der Waals surface area contributed by atoms with E-state index in [1.165, 1.54) is 17.5 Å². The van der Waals surface area contributed by atoms with Gasteiger partial charge in [0.2, 0.25) is 5.76 Å². The molecular weight excluding hydrogens is 216 g/mol. The number of aromatic carboxylic acids is 1. The minimum Gasteiger partial charge on any atom is -0.475 e. The zero-order valence-electron chi connectivity index (χ0n) is 9.75. The van der Waals surface area contributed by atoms with Crippen LogP contribution < -0.4 is 0 Å². The highest BCUT2D eigenvalue weighted by Gasteiger charge is 2.21. The van der Waals surface area contributed by atoms with Crippen molar-refractivity contribution in [2.45, 2.75) is 32.6 Å². The van der Waals surface area contributed by atoms with E-state index in [9.17, 15) is 4.79 Å². The maximum absolute atomic E-state index is 11.1. The number of carboxylic acids is 1. The predicted molar refractivity (Wildman–Crippen MR) is 64.6 cm³/mol. The summed E-state index contributed by atoms with van der Waals surface area (Å²) in [6.45, 7) is 1.96. The van der Waals surface area contributed by atoms with Crippen molar-refractivity contribution in [3.8, 4) is 0 Å². The maximum Gasteiger partial charge on any atom is 0.372 e. The van der Waals surface area contributed by atoms with E-state index in [4.69, 9.17) is 9.52 Å². The summed E-state index contributed by atoms with van der Waals surface area (Å²) in [6.07, 6.45) is 4.06. The Morgan fingerprint density at radius 2 is 2.06 bits per heavy atom. The fourth-order valence-electron chi connectivity index (χ4n) is 2.74. The first-order valence-corrected chi connectivity index (χ1v) is 6.01. The Morgan fingerprint density at radius 1 is 1.35 bits per heavy atom. The summed E-state index contributed by atoms with van der Waals surface area (Å²) in [6, 6.07) is 4.13. The quantitative estimate of drug-likeness (QED) is 0.862. The van der Waals surface area contributed by atoms with Gasteiger partial charge in [-0.1, -0.05) is 6.92 Å². The molecule has 1 aliphatic rings. The summed E-state index contributed by atoms with van der Waals surface area (Å²) < 4.78 is 5.48. The second-order valence-corrected chi connectivity index (χ2v) is 4.54. The molecule has 88 valence electrons. The van der Waals surface area contributed by atoms with Crippen molar-refractivity contribution >= 4 is 16.9 Å². The van der Waals surface area contributed by atoms with Gasteiger partial charge in [-0.25, -0.2) is 4.79 Å². The van der Waals surface area contributed by atoms with Gasteiger partial charge in [0.15, 0.2) is 0 Å². The van der Waals surface area contributed by atoms with Crippen LogP contribution in [0.5, 0.6) is 0 Å². The second-order valence-electron chi connectivity index (χ2n) is 4.54. The summed E-state index contributed by atoms with van der Waals surface area (Å²) in [5.74, 6) is -0.871. The van der Waals surface area contributed by atoms with Crippen LogP contribution >= 0.6 is 0 Å². The molecule has 1 aliphatic carbocycles. The van der Waals surface area contributed by atoms with Crippen molar-refractivity contribution in [1.29, 1.82) is 0 Å². The summed E-state index contributed by atoms with van der Waals surface area (Å²) in [4.78, 5) is 11.1. The Labute approximate surface area is 99.0 Å². The second kappa shape index (κ2) is 3.62. The molecular formula is C14H14O3. The van der Waals surface area contributed by atoms with Crippen molar-refractivity contribution in [3.05, 3.63) is 34.6 Å². The minimum atomic E-state index is -0.974. The van der Waals surface area contributed by atoms with Crippen LogP contribution in [0.2, 0.25) is 0 Å². The number of benzene rings is 1. The molecule has 0 spiro atoms. The van der Waals surface area contributed by atoms with Gasteiger partial charge in [-0.2, -0.15) is 0 Å². The van der Waals surface area contributed by atoms with E-state index in [1.807, 2.05) is 13.0 Å². The Bertz CT molecular complexity index is 607. The first-order chi connectivity index (χ1) is 8.20. The molecule has 0 unspecified atom stereocenters. The largest absolute Gasteiger partial charge is 0.475 e. The fourth-order valence-corrected chi connectivity index (χ4v) is 2.74. The van der Waals surface area contributed by atoms with Gasteiger partial charge in [0.05, 0.1) is 0 Å². The van der Waals surface area contributed by atoms with Gasteiger partial charge < -0.3 is 9.52 Å². The molecule has 3 nitrogen and oxygen atoms in total. The summed E-state index contributed by atoms with van der Waals surface area (Å²) >= 11 is 0. The van der Waals surface area contributed by atoms with Crippen LogP contribution in [0.3, 0.4) is 0 Å². The third-order valence-electron chi connectivity index (χ3n) is 3.55. The molecule has 0 bridgehead atoms. The van der Waals surface area contributed by atoms with Crippen molar-refractivity contribution in [2.75, 3.05) is 0 Å². The summed E-state index contributed by atoms with van der Waals surface area (Å²) in [7, 11) is 0. The Kier molecular flexibility index (Phi) is 2.21. The highest BCUT2D eigenvalue weighted by molar-refractivity contribution is 5.95. The van der Waals surface area contributed by atoms with Crippen LogP contribution in [-0.4, -0.2) is 11.1 Å². The standard InChI is InChI=1S/C14H14O3/c1-2-10-11-6-8-4-3-5-9(8)7-12(11)17-13(10)14(15)16/h6-7H,2-5H2,1H3,(H,15,16). The molecule has 0 atom stereocenters. The van der Waals surface area contributed by atoms with E-state index < -0.39 is 5.97 Å². The van der Waals surface area contributed by atoms with Crippen LogP contribution in [0.4, 0.5) is 0 Å². The smallest absolute Gasteiger partial charge is 0.372 e. The number of carboxylic acid groups (broad SMARTS) is 1. The van der Waals surface area contributed by atoms with Crippen molar-refractivity contribution in [2.24, 2.45) is 0 Å². The van der Waals surface area contributed by atoms with Crippen molar-refractivity contribution in [3.63, 3.8) is 0 Å². The van der Waals surface area contributed by atoms with E-state index in [-0.39, 0.29) is 5.76 Å². The van der Waals surface area contributed by atoms with Crippen LogP contribution in [0.1, 0.15) is 40.6 Å². The first-order valence-electron chi connectivity index (χ1n) is 6.01. The number of aryl methyl sites for hydroxylation is 3. The van der Waals surface area contributed by atoms with Crippen LogP contribution in [0.15, 0.2) is 16.5 Å². The highest BCUT2D eigenvalue weighted by Crippen LogP contribution is 2.32. The van der Waals surface area contributed by atoms with E-state index in [0.717, 1.165) is 29.4 Å². The molecule has 3 rings (SSSR count). The SMILES string of the molecule is CCc1c(C(=O)O)oc2cc3c(cc12)CCC3. The molecule has 0 saturated heterocycles. The first kappa shape index (κ1) is 10.4. The minimum absolute atomic E-state index is 0.103. The molecule has 0 fully saturated rings. The lowest BCUT2D eigenvalue weighted by Crippen LogP contribution is -1.97. The van der Waals surface area contributed by atoms with Gasteiger partial charge >= 0.3 is 5.97 Å². The van der Waals surface area contributed by atoms with Gasteiger partial charge in [0, 0.05) is 10.9 Å². The number of carbonyl (C=O) groups is 1. The zero-order valence-corrected chi connectivity index (χ0v) is 9.75. The van der Waals surface area contributed by atoms with Crippen molar-refractivity contribution < 1.29 is 14.3 Å². The van der Waals surface area contributed by atoms with E-state index in [2.05, 4.69) is 6.07 Å². The van der Waals surface area contributed by atoms with Gasteiger partial charge in [0.25, 0.3) is 0 Å². The highest BCUT2D eigenvalue weighted by atomic mass is 16.4. The molecule has 0 radical (unpaired) electrons. The third-order valence-corrected chi connectivity index (χ3v) is 3.55. The maximum atomic E-state index is 11.1. The number of hydrogen-bond acceptors (Lipinski definition) is 2. The lowest BCUT2D eigenvalue weighted by molar-refractivity contribution is 0.0663. The Hall–Kier alpha value is -1.77. The van der Waals surface area contributed by atoms with Crippen LogP contribution in [0.25, 0.3) is 11.0 Å². The molecule has 0 aliphatic heterocycles. The molecule has 1 heterocycles. The fraction of sp³-hybridized carbons (Fsp3) is 0.357. The summed E-state index contributed by atoms with van der Waals surface area (Å²) in [5.41, 5.74) is 4.21. The molecule has 0 amide bonds. The molecule has 3 heteroatoms. The monoisotopic (exact) mass is 230 g/mol. The average Bonchev–Trinajstić information content (AvgIpc) is 2.87. The number of rotatable bonds is 2. The number of hydrogen-bond donors (Lipinski definition) is 1. The molecule has 2 aromatic rings.